The topological polar surface area (TPSA) is 207 Å². The maximum Gasteiger partial charge on any atom is 0.306 e. The number of carbonyl (C=O) groups is 6. The summed E-state index contributed by atoms with van der Waals surface area (Å²) in [4.78, 5) is 76.6. The predicted octanol–water partition coefficient (Wildman–Crippen LogP) is 4.03. The van der Waals surface area contributed by atoms with Crippen LogP contribution in [0.5, 0.6) is 0 Å². The highest BCUT2D eigenvalue weighted by molar-refractivity contribution is 9.09. The number of rotatable bonds is 14. The van der Waals surface area contributed by atoms with Gasteiger partial charge in [-0.2, -0.15) is 0 Å². The summed E-state index contributed by atoms with van der Waals surface area (Å²) in [6.07, 6.45) is 0.897. The van der Waals surface area contributed by atoms with E-state index >= 15 is 8.78 Å². The Morgan fingerprint density at radius 3 is 2.36 bits per heavy atom. The monoisotopic (exact) mass is 957 g/mol. The number of amides is 3. The summed E-state index contributed by atoms with van der Waals surface area (Å²) in [5.41, 5.74) is -6.47. The molecule has 17 heteroatoms. The van der Waals surface area contributed by atoms with Crippen LogP contribution in [0.4, 0.5) is 8.78 Å². The minimum Gasteiger partial charge on any atom is -0.460 e. The van der Waals surface area contributed by atoms with E-state index in [-0.39, 0.29) is 55.0 Å². The average molecular weight is 959 g/mol. The minimum atomic E-state index is -2.34. The number of ether oxygens (including phenoxy) is 3. The largest absolute Gasteiger partial charge is 0.460 e. The first kappa shape index (κ1) is 46.6. The minimum absolute atomic E-state index is 0.00674. The number of halogens is 3. The Balaban J connectivity index is 0.910. The molecule has 0 unspecified atom stereocenters. The lowest BCUT2D eigenvalue weighted by molar-refractivity contribution is -0.235. The zero-order valence-electron chi connectivity index (χ0n) is 36.8. The van der Waals surface area contributed by atoms with Gasteiger partial charge in [-0.05, 0) is 114 Å². The number of esters is 1. The van der Waals surface area contributed by atoms with Gasteiger partial charge in [0.15, 0.2) is 29.1 Å². The van der Waals surface area contributed by atoms with Crippen molar-refractivity contribution in [2.45, 2.75) is 146 Å². The summed E-state index contributed by atoms with van der Waals surface area (Å²) in [7, 11) is 0. The van der Waals surface area contributed by atoms with Gasteiger partial charge in [0.1, 0.15) is 24.4 Å². The molecule has 1 aromatic carbocycles. The van der Waals surface area contributed by atoms with Crippen molar-refractivity contribution in [3.05, 3.63) is 59.2 Å². The number of allylic oxidation sites excluding steroid dienone is 4. The molecule has 348 valence electrons. The van der Waals surface area contributed by atoms with Gasteiger partial charge in [-0.25, -0.2) is 8.78 Å². The van der Waals surface area contributed by atoms with Crippen LogP contribution >= 0.6 is 15.9 Å². The fourth-order valence-corrected chi connectivity index (χ4v) is 13.2. The average Bonchev–Trinajstić information content (AvgIpc) is 3.71. The fourth-order valence-electron chi connectivity index (χ4n) is 13.0. The second-order valence-electron chi connectivity index (χ2n) is 20.9. The van der Waals surface area contributed by atoms with Gasteiger partial charge in [-0.3, -0.25) is 28.8 Å². The molecule has 64 heavy (non-hydrogen) atoms. The van der Waals surface area contributed by atoms with E-state index in [0.29, 0.717) is 24.8 Å². The third-order valence-electron chi connectivity index (χ3n) is 15.6. The number of Topliss-reactive ketones (excluding diaryl/α,β-unsaturated/α-hetero) is 1. The summed E-state index contributed by atoms with van der Waals surface area (Å²) in [6.45, 7) is 7.28. The zero-order chi connectivity index (χ0) is 46.4. The molecule has 11 atom stereocenters. The number of aliphatic hydroxyl groups excluding tert-OH is 2. The summed E-state index contributed by atoms with van der Waals surface area (Å²) in [6, 6.07) is 6.57. The third-order valence-corrected chi connectivity index (χ3v) is 16.1. The molecule has 1 saturated heterocycles. The summed E-state index contributed by atoms with van der Waals surface area (Å²) in [5, 5.41) is 30.4. The molecule has 5 N–H and O–H groups in total. The molecule has 2 bridgehead atoms. The van der Waals surface area contributed by atoms with Gasteiger partial charge < -0.3 is 40.4 Å². The normalized spacial score (nSPS) is 39.3. The van der Waals surface area contributed by atoms with Gasteiger partial charge in [0.2, 0.25) is 17.7 Å². The van der Waals surface area contributed by atoms with E-state index in [4.69, 9.17) is 14.2 Å². The van der Waals surface area contributed by atoms with Crippen molar-refractivity contribution in [3.8, 4) is 0 Å². The lowest BCUT2D eigenvalue weighted by atomic mass is 9.38. The molecule has 0 spiro atoms. The number of aliphatic hydroxyl groups is 2. The molecule has 1 aromatic rings. The van der Waals surface area contributed by atoms with Crippen LogP contribution in [0.3, 0.4) is 0 Å². The van der Waals surface area contributed by atoms with Crippen LogP contribution in [0.15, 0.2) is 48.1 Å². The lowest BCUT2D eigenvalue weighted by Crippen LogP contribution is -2.76. The van der Waals surface area contributed by atoms with Gasteiger partial charge >= 0.3 is 5.97 Å². The van der Waals surface area contributed by atoms with Gasteiger partial charge in [-0.1, -0.05) is 53.2 Å². The van der Waals surface area contributed by atoms with Crippen LogP contribution in [-0.4, -0.2) is 111 Å². The molecule has 9 rings (SSSR count). The van der Waals surface area contributed by atoms with E-state index in [0.717, 1.165) is 18.1 Å². The standard InChI is InChI=1S/C47H58BrF2N3O11/c1-41(2,3)63-38(60)11-10-32(52-37(59)20-51-36(58)19-48)39(61)53-45-22-44(23-45,24-45)17-25-6-8-26(9-7-25)40-62-35-16-28-29-15-31(49)30-14-27(55)12-13-42(30,4)46(29,50)33(56)18-43(28,5)47(35,64-40)34(57)21-54/h6-9,12-14,28-29,31-33,35,40,54,56H,10-11,15-24H2,1-5H3,(H,51,58)(H,52,59)(H,53,61)/t28-,29-,31-,32-,33-,35+,40+,42-,43-,44?,45?,46-,47+/m0/s1. The van der Waals surface area contributed by atoms with E-state index < -0.39 is 118 Å². The number of hydrogen-bond donors (Lipinski definition) is 5. The molecule has 0 radical (unpaired) electrons. The summed E-state index contributed by atoms with van der Waals surface area (Å²) in [5.74, 6) is -4.68. The van der Waals surface area contributed by atoms with Crippen LogP contribution in [-0.2, 0) is 49.4 Å². The van der Waals surface area contributed by atoms with Crippen LogP contribution in [0, 0.1) is 28.1 Å². The molecule has 14 nitrogen and oxygen atoms in total. The van der Waals surface area contributed by atoms with Crippen LogP contribution < -0.4 is 16.0 Å². The molecular formula is C47H58BrF2N3O11. The fraction of sp³-hybridized carbons (Fsp3) is 0.660. The van der Waals surface area contributed by atoms with Gasteiger partial charge in [0, 0.05) is 34.3 Å². The molecule has 6 saturated carbocycles. The Labute approximate surface area is 379 Å². The Kier molecular flexibility index (Phi) is 11.8. The van der Waals surface area contributed by atoms with E-state index in [1.54, 1.807) is 27.7 Å². The third kappa shape index (κ3) is 7.48. The van der Waals surface area contributed by atoms with Crippen molar-refractivity contribution < 1.29 is 62.0 Å². The quantitative estimate of drug-likeness (QED) is 0.133. The number of carbonyl (C=O) groups excluding carboxylic acids is 6. The van der Waals surface area contributed by atoms with E-state index in [9.17, 15) is 39.0 Å². The lowest BCUT2D eigenvalue weighted by Gasteiger charge is -2.71. The highest BCUT2D eigenvalue weighted by Gasteiger charge is 2.80. The molecule has 8 aliphatic rings. The number of nitrogens with one attached hydrogen (secondary N) is 3. The van der Waals surface area contributed by atoms with Gasteiger partial charge in [0.25, 0.3) is 0 Å². The Morgan fingerprint density at radius 2 is 1.72 bits per heavy atom. The smallest absolute Gasteiger partial charge is 0.306 e. The number of hydrogen-bond acceptors (Lipinski definition) is 11. The van der Waals surface area contributed by atoms with Crippen molar-refractivity contribution >= 4 is 51.2 Å². The number of benzene rings is 1. The van der Waals surface area contributed by atoms with Crippen LogP contribution in [0.1, 0.15) is 103 Å². The molecule has 1 aliphatic heterocycles. The highest BCUT2D eigenvalue weighted by Crippen LogP contribution is 2.73. The van der Waals surface area contributed by atoms with Crippen molar-refractivity contribution in [3.63, 3.8) is 0 Å². The second kappa shape index (κ2) is 16.2. The molecule has 7 aliphatic carbocycles. The van der Waals surface area contributed by atoms with Crippen molar-refractivity contribution in [2.75, 3.05) is 18.5 Å². The summed E-state index contributed by atoms with van der Waals surface area (Å²) >= 11 is 3.03. The second-order valence-corrected chi connectivity index (χ2v) is 21.4. The number of alkyl halides is 3. The first-order valence-electron chi connectivity index (χ1n) is 22.1. The molecule has 3 amide bonds. The molecular weight excluding hydrogens is 900 g/mol. The van der Waals surface area contributed by atoms with E-state index in [1.165, 1.54) is 19.1 Å². The number of fused-ring (bicyclic) bond motifs is 7. The Hall–Kier alpha value is -3.90. The maximum atomic E-state index is 17.8. The maximum absolute atomic E-state index is 17.8. The van der Waals surface area contributed by atoms with Crippen molar-refractivity contribution in [1.29, 1.82) is 0 Å². The van der Waals surface area contributed by atoms with E-state index in [1.807, 2.05) is 24.3 Å². The molecule has 1 heterocycles. The number of ketones is 2. The highest BCUT2D eigenvalue weighted by atomic mass is 79.9. The van der Waals surface area contributed by atoms with Crippen molar-refractivity contribution in [1.82, 2.24) is 16.0 Å². The zero-order valence-corrected chi connectivity index (χ0v) is 38.4. The van der Waals surface area contributed by atoms with Crippen LogP contribution in [0.2, 0.25) is 0 Å². The Bertz CT molecular complexity index is 2180. The first-order chi connectivity index (χ1) is 30.0. The van der Waals surface area contributed by atoms with Crippen LogP contribution in [0.25, 0.3) is 0 Å². The van der Waals surface area contributed by atoms with Gasteiger partial charge in [-0.15, -0.1) is 0 Å². The predicted molar refractivity (Wildman–Crippen MR) is 229 cm³/mol. The molecule has 0 aromatic heterocycles. The van der Waals surface area contributed by atoms with Crippen molar-refractivity contribution in [2.24, 2.45) is 28.1 Å². The van der Waals surface area contributed by atoms with E-state index in [2.05, 4.69) is 31.9 Å². The molecule has 7 fully saturated rings. The summed E-state index contributed by atoms with van der Waals surface area (Å²) < 4.78 is 52.3. The van der Waals surface area contributed by atoms with Gasteiger partial charge in [0.05, 0.1) is 24.1 Å². The Morgan fingerprint density at radius 1 is 1.03 bits per heavy atom. The first-order valence-corrected chi connectivity index (χ1v) is 23.3. The SMILES string of the molecule is CC(C)(C)OC(=O)CC[C@H](NC(=O)CNC(=O)CBr)C(=O)NC12CC(Cc3ccc([C@@H]4O[C@@H]5C[C@H]6[C@@H]7C[C@H](F)C8=CC(=O)C=C[C@]8(C)[C@@]7(F)[C@@H](O)C[C@]6(C)[C@]5(C(=O)CO)O4)cc3)(C1)C2.